The standard InChI is InChI=1S/C27H32F2N4O/c1-18-13-23(27(29)24(28)14-18)25-5-6-26(32-31-25)30-15-20-3-2-4-21-17-33(10-7-22(20)21)16-19-8-11-34-12-9-19/h2-6,13-14,19,30-32H,7-12,15-17H2,1H3. The number of nitrogens with zero attached hydrogens (tertiary/aromatic N) is 1. The molecule has 1 fully saturated rings. The first-order valence-corrected chi connectivity index (χ1v) is 12.1. The van der Waals surface area contributed by atoms with Crippen LogP contribution in [0.5, 0.6) is 0 Å². The number of fused-ring (bicyclic) bond motifs is 1. The summed E-state index contributed by atoms with van der Waals surface area (Å²) in [6.45, 7) is 7.50. The molecule has 2 aromatic rings. The number of hydrogen-bond acceptors (Lipinski definition) is 5. The third-order valence-electron chi connectivity index (χ3n) is 6.98. The first-order chi connectivity index (χ1) is 16.6. The Balaban J connectivity index is 1.22. The van der Waals surface area contributed by atoms with Crippen LogP contribution < -0.4 is 16.2 Å². The van der Waals surface area contributed by atoms with E-state index in [-0.39, 0.29) is 5.56 Å². The van der Waals surface area contributed by atoms with E-state index in [2.05, 4.69) is 39.3 Å². The maximum Gasteiger partial charge on any atom is 0.168 e. The SMILES string of the molecule is Cc1cc(F)c(F)c(C2=CC=C(NCc3cccc4c3CCN(CC3CCOCC3)C4)NN2)c1. The highest BCUT2D eigenvalue weighted by Crippen LogP contribution is 2.26. The lowest BCUT2D eigenvalue weighted by molar-refractivity contribution is 0.0506. The van der Waals surface area contributed by atoms with Crippen LogP contribution in [0.3, 0.4) is 0 Å². The van der Waals surface area contributed by atoms with E-state index in [1.54, 1.807) is 19.1 Å². The Labute approximate surface area is 199 Å². The van der Waals surface area contributed by atoms with Gasteiger partial charge in [-0.05, 0) is 78.6 Å². The average Bonchev–Trinajstić information content (AvgIpc) is 2.86. The van der Waals surface area contributed by atoms with Gasteiger partial charge in [-0.15, -0.1) is 0 Å². The number of hydrogen-bond donors (Lipinski definition) is 3. The van der Waals surface area contributed by atoms with Crippen molar-refractivity contribution >= 4 is 5.70 Å². The van der Waals surface area contributed by atoms with Crippen LogP contribution in [0.15, 0.2) is 48.3 Å². The van der Waals surface area contributed by atoms with Crippen molar-refractivity contribution < 1.29 is 13.5 Å². The normalized spacial score (nSPS) is 18.9. The molecule has 5 nitrogen and oxygen atoms in total. The molecule has 0 aliphatic carbocycles. The Hall–Kier alpha value is -2.90. The predicted octanol–water partition coefficient (Wildman–Crippen LogP) is 4.14. The molecule has 0 amide bonds. The number of rotatable bonds is 6. The number of aryl methyl sites for hydroxylation is 1. The fraction of sp³-hybridized carbons (Fsp3) is 0.407. The van der Waals surface area contributed by atoms with Crippen molar-refractivity contribution in [1.29, 1.82) is 0 Å². The Bertz CT molecular complexity index is 1110. The third-order valence-corrected chi connectivity index (χ3v) is 6.98. The largest absolute Gasteiger partial charge is 0.381 e. The maximum absolute atomic E-state index is 14.2. The van der Waals surface area contributed by atoms with Gasteiger partial charge in [-0.25, -0.2) is 8.78 Å². The molecule has 3 N–H and O–H groups in total. The number of nitrogens with one attached hydrogen (secondary N) is 3. The number of benzene rings is 2. The molecule has 34 heavy (non-hydrogen) atoms. The smallest absolute Gasteiger partial charge is 0.168 e. The van der Waals surface area contributed by atoms with Crippen molar-refractivity contribution in [3.63, 3.8) is 0 Å². The molecular formula is C27H32F2N4O. The van der Waals surface area contributed by atoms with E-state index in [0.717, 1.165) is 51.0 Å². The van der Waals surface area contributed by atoms with Crippen molar-refractivity contribution in [3.05, 3.63) is 87.8 Å². The summed E-state index contributed by atoms with van der Waals surface area (Å²) in [5.74, 6) is -0.157. The highest BCUT2D eigenvalue weighted by atomic mass is 19.2. The van der Waals surface area contributed by atoms with Crippen LogP contribution in [0.4, 0.5) is 8.78 Å². The van der Waals surface area contributed by atoms with Gasteiger partial charge in [-0.1, -0.05) is 18.2 Å². The fourth-order valence-electron chi connectivity index (χ4n) is 5.12. The Morgan fingerprint density at radius 3 is 2.76 bits per heavy atom. The highest BCUT2D eigenvalue weighted by Gasteiger charge is 2.23. The van der Waals surface area contributed by atoms with Crippen molar-refractivity contribution in [2.75, 3.05) is 26.3 Å². The number of allylic oxidation sites excluding steroid dienone is 2. The van der Waals surface area contributed by atoms with E-state index in [1.165, 1.54) is 35.6 Å². The summed E-state index contributed by atoms with van der Waals surface area (Å²) in [7, 11) is 0. The van der Waals surface area contributed by atoms with Crippen LogP contribution >= 0.6 is 0 Å². The van der Waals surface area contributed by atoms with Gasteiger partial charge in [0.25, 0.3) is 0 Å². The Morgan fingerprint density at radius 2 is 1.97 bits per heavy atom. The van der Waals surface area contributed by atoms with Gasteiger partial charge in [0.1, 0.15) is 5.82 Å². The van der Waals surface area contributed by atoms with Crippen molar-refractivity contribution in [3.8, 4) is 0 Å². The van der Waals surface area contributed by atoms with E-state index in [0.29, 0.717) is 17.8 Å². The monoisotopic (exact) mass is 466 g/mol. The molecule has 0 aromatic heterocycles. The van der Waals surface area contributed by atoms with E-state index >= 15 is 0 Å². The second kappa shape index (κ2) is 10.2. The molecule has 3 heterocycles. The topological polar surface area (TPSA) is 48.6 Å². The summed E-state index contributed by atoms with van der Waals surface area (Å²) >= 11 is 0. The minimum atomic E-state index is -0.849. The zero-order valence-corrected chi connectivity index (χ0v) is 19.6. The summed E-state index contributed by atoms with van der Waals surface area (Å²) in [5.41, 5.74) is 11.6. The second-order valence-electron chi connectivity index (χ2n) is 9.47. The van der Waals surface area contributed by atoms with Crippen molar-refractivity contribution in [2.24, 2.45) is 5.92 Å². The van der Waals surface area contributed by atoms with Gasteiger partial charge in [-0.2, -0.15) is 0 Å². The van der Waals surface area contributed by atoms with E-state index < -0.39 is 11.6 Å². The number of ether oxygens (including phenoxy) is 1. The lowest BCUT2D eigenvalue weighted by Gasteiger charge is -2.34. The van der Waals surface area contributed by atoms with Crippen LogP contribution in [-0.2, 0) is 24.2 Å². The molecule has 0 saturated carbocycles. The summed E-state index contributed by atoms with van der Waals surface area (Å²) in [6, 6.07) is 9.40. The molecule has 2 aromatic carbocycles. The molecule has 7 heteroatoms. The first-order valence-electron chi connectivity index (χ1n) is 12.1. The highest BCUT2D eigenvalue weighted by molar-refractivity contribution is 5.67. The molecule has 0 bridgehead atoms. The van der Waals surface area contributed by atoms with Crippen LogP contribution in [0.2, 0.25) is 0 Å². The van der Waals surface area contributed by atoms with Gasteiger partial charge in [0, 0.05) is 45.0 Å². The Morgan fingerprint density at radius 1 is 1.12 bits per heavy atom. The average molecular weight is 467 g/mol. The first kappa shape index (κ1) is 22.9. The van der Waals surface area contributed by atoms with E-state index in [1.807, 2.05) is 6.08 Å². The predicted molar refractivity (Wildman–Crippen MR) is 129 cm³/mol. The zero-order chi connectivity index (χ0) is 23.5. The summed E-state index contributed by atoms with van der Waals surface area (Å²) in [5, 5.41) is 3.42. The molecule has 0 unspecified atom stereocenters. The molecule has 0 atom stereocenters. The lowest BCUT2D eigenvalue weighted by atomic mass is 9.92. The molecule has 0 radical (unpaired) electrons. The summed E-state index contributed by atoms with van der Waals surface area (Å²) in [4.78, 5) is 2.59. The van der Waals surface area contributed by atoms with Crippen molar-refractivity contribution in [2.45, 2.75) is 39.3 Å². The minimum Gasteiger partial charge on any atom is -0.381 e. The van der Waals surface area contributed by atoms with Crippen LogP contribution in [0.1, 0.15) is 40.7 Å². The lowest BCUT2D eigenvalue weighted by Crippen LogP contribution is -2.39. The number of halogens is 2. The van der Waals surface area contributed by atoms with E-state index in [9.17, 15) is 8.78 Å². The summed E-state index contributed by atoms with van der Waals surface area (Å²) in [6.07, 6.45) is 7.00. The molecule has 5 rings (SSSR count). The molecule has 3 aliphatic heterocycles. The fourth-order valence-corrected chi connectivity index (χ4v) is 5.12. The van der Waals surface area contributed by atoms with Crippen molar-refractivity contribution in [1.82, 2.24) is 21.1 Å². The van der Waals surface area contributed by atoms with Gasteiger partial charge >= 0.3 is 0 Å². The van der Waals surface area contributed by atoms with Gasteiger partial charge in [0.05, 0.1) is 5.70 Å². The molecule has 0 spiro atoms. The van der Waals surface area contributed by atoms with Gasteiger partial charge in [0.15, 0.2) is 11.6 Å². The van der Waals surface area contributed by atoms with E-state index in [4.69, 9.17) is 4.74 Å². The molecular weight excluding hydrogens is 434 g/mol. The molecule has 180 valence electrons. The maximum atomic E-state index is 14.2. The zero-order valence-electron chi connectivity index (χ0n) is 19.6. The quantitative estimate of drug-likeness (QED) is 0.598. The molecule has 1 saturated heterocycles. The van der Waals surface area contributed by atoms with Gasteiger partial charge in [-0.3, -0.25) is 15.8 Å². The second-order valence-corrected chi connectivity index (χ2v) is 9.47. The summed E-state index contributed by atoms with van der Waals surface area (Å²) < 4.78 is 33.5. The third kappa shape index (κ3) is 5.10. The van der Waals surface area contributed by atoms with Crippen LogP contribution in [0, 0.1) is 24.5 Å². The minimum absolute atomic E-state index is 0.211. The molecule has 3 aliphatic rings. The Kier molecular flexibility index (Phi) is 6.83. The van der Waals surface area contributed by atoms with Crippen LogP contribution in [-0.4, -0.2) is 31.2 Å². The van der Waals surface area contributed by atoms with Crippen LogP contribution in [0.25, 0.3) is 5.70 Å². The van der Waals surface area contributed by atoms with Gasteiger partial charge in [0.2, 0.25) is 0 Å². The number of hydrazine groups is 1. The van der Waals surface area contributed by atoms with Gasteiger partial charge < -0.3 is 10.1 Å².